The molecule has 0 spiro atoms. The Morgan fingerprint density at radius 1 is 1.37 bits per heavy atom. The lowest BCUT2D eigenvalue weighted by Gasteiger charge is -2.26. The van der Waals surface area contributed by atoms with E-state index in [4.69, 9.17) is 9.63 Å². The van der Waals surface area contributed by atoms with Crippen LogP contribution in [0.3, 0.4) is 0 Å². The van der Waals surface area contributed by atoms with Crippen molar-refractivity contribution >= 4 is 17.7 Å². The molecule has 0 saturated heterocycles. The molecule has 0 radical (unpaired) electrons. The van der Waals surface area contributed by atoms with Gasteiger partial charge < -0.3 is 20.3 Å². The first-order chi connectivity index (χ1) is 12.7. The number of hydrogen-bond acceptors (Lipinski definition) is 5. The number of hydrogen-bond donors (Lipinski definition) is 3. The zero-order valence-electron chi connectivity index (χ0n) is 15.1. The number of halogens is 1. The number of carboxylic acid groups (broad SMARTS) is 1. The van der Waals surface area contributed by atoms with Crippen LogP contribution in [0.1, 0.15) is 51.3 Å². The van der Waals surface area contributed by atoms with E-state index in [0.717, 1.165) is 12.8 Å². The number of nitrogens with zero attached hydrogens (tertiary/aromatic N) is 2. The Balaban J connectivity index is 1.74. The SMILES string of the molecule is CC(C)(CCC(=O)O)NC(=O)Nc1ccc(F)cc1-c1nc(C2CC2)no1. The van der Waals surface area contributed by atoms with Crippen molar-refractivity contribution in [3.05, 3.63) is 29.8 Å². The molecule has 0 unspecified atom stereocenters. The third kappa shape index (κ3) is 5.02. The third-order valence-electron chi connectivity index (χ3n) is 4.26. The summed E-state index contributed by atoms with van der Waals surface area (Å²) in [6.07, 6.45) is 2.20. The predicted octanol–water partition coefficient (Wildman–Crippen LogP) is 3.52. The van der Waals surface area contributed by atoms with Crippen LogP contribution in [0.25, 0.3) is 11.5 Å². The molecule has 2 aromatic rings. The molecule has 1 saturated carbocycles. The Labute approximate surface area is 155 Å². The number of aliphatic carboxylic acids is 1. The molecule has 1 aliphatic rings. The minimum absolute atomic E-state index is 0.0684. The minimum Gasteiger partial charge on any atom is -0.481 e. The van der Waals surface area contributed by atoms with E-state index >= 15 is 0 Å². The normalized spacial score (nSPS) is 14.0. The van der Waals surface area contributed by atoms with Gasteiger partial charge in [0.1, 0.15) is 5.82 Å². The first-order valence-electron chi connectivity index (χ1n) is 8.68. The molecule has 3 rings (SSSR count). The number of anilines is 1. The second kappa shape index (κ2) is 7.34. The molecule has 1 fully saturated rings. The second-order valence-electron chi connectivity index (χ2n) is 7.28. The Hall–Kier alpha value is -2.97. The molecule has 144 valence electrons. The van der Waals surface area contributed by atoms with Crippen molar-refractivity contribution in [1.82, 2.24) is 15.5 Å². The van der Waals surface area contributed by atoms with Gasteiger partial charge in [-0.2, -0.15) is 4.98 Å². The molecule has 27 heavy (non-hydrogen) atoms. The van der Waals surface area contributed by atoms with E-state index in [-0.39, 0.29) is 30.2 Å². The van der Waals surface area contributed by atoms with E-state index in [1.165, 1.54) is 18.2 Å². The van der Waals surface area contributed by atoms with Crippen molar-refractivity contribution < 1.29 is 23.6 Å². The Bertz CT molecular complexity index is 861. The lowest BCUT2D eigenvalue weighted by Crippen LogP contribution is -2.45. The van der Waals surface area contributed by atoms with Gasteiger partial charge >= 0.3 is 12.0 Å². The molecule has 9 heteroatoms. The van der Waals surface area contributed by atoms with Gasteiger partial charge in [0, 0.05) is 17.9 Å². The summed E-state index contributed by atoms with van der Waals surface area (Å²) in [4.78, 5) is 27.4. The van der Waals surface area contributed by atoms with Gasteiger partial charge in [-0.3, -0.25) is 4.79 Å². The zero-order valence-corrected chi connectivity index (χ0v) is 15.1. The summed E-state index contributed by atoms with van der Waals surface area (Å²) in [5.41, 5.74) is -0.131. The summed E-state index contributed by atoms with van der Waals surface area (Å²) in [5, 5.41) is 18.1. The fourth-order valence-electron chi connectivity index (χ4n) is 2.60. The molecule has 1 aromatic carbocycles. The van der Waals surface area contributed by atoms with Gasteiger partial charge in [-0.25, -0.2) is 9.18 Å². The summed E-state index contributed by atoms with van der Waals surface area (Å²) >= 11 is 0. The van der Waals surface area contributed by atoms with Crippen molar-refractivity contribution in [2.24, 2.45) is 0 Å². The van der Waals surface area contributed by atoms with Crippen molar-refractivity contribution in [3.8, 4) is 11.5 Å². The van der Waals surface area contributed by atoms with Crippen LogP contribution in [-0.2, 0) is 4.79 Å². The maximum absolute atomic E-state index is 13.7. The largest absolute Gasteiger partial charge is 0.481 e. The number of urea groups is 1. The van der Waals surface area contributed by atoms with Gasteiger partial charge in [-0.1, -0.05) is 5.16 Å². The summed E-state index contributed by atoms with van der Waals surface area (Å²) in [6, 6.07) is 3.30. The van der Waals surface area contributed by atoms with E-state index < -0.39 is 23.4 Å². The van der Waals surface area contributed by atoms with Crippen LogP contribution < -0.4 is 10.6 Å². The van der Waals surface area contributed by atoms with Crippen LogP contribution >= 0.6 is 0 Å². The molecule has 2 amide bonds. The zero-order chi connectivity index (χ0) is 19.6. The molecule has 0 atom stereocenters. The molecule has 1 aromatic heterocycles. The van der Waals surface area contributed by atoms with E-state index in [9.17, 15) is 14.0 Å². The van der Waals surface area contributed by atoms with E-state index in [1.807, 2.05) is 0 Å². The lowest BCUT2D eigenvalue weighted by molar-refractivity contribution is -0.137. The third-order valence-corrected chi connectivity index (χ3v) is 4.26. The topological polar surface area (TPSA) is 117 Å². The fourth-order valence-corrected chi connectivity index (χ4v) is 2.60. The van der Waals surface area contributed by atoms with Crippen LogP contribution in [0, 0.1) is 5.82 Å². The Morgan fingerprint density at radius 3 is 2.78 bits per heavy atom. The molecule has 3 N–H and O–H groups in total. The quantitative estimate of drug-likeness (QED) is 0.681. The van der Waals surface area contributed by atoms with Gasteiger partial charge in [-0.05, 0) is 51.3 Å². The van der Waals surface area contributed by atoms with Crippen LogP contribution in [0.2, 0.25) is 0 Å². The minimum atomic E-state index is -0.936. The van der Waals surface area contributed by atoms with Crippen LogP contribution in [0.5, 0.6) is 0 Å². The Morgan fingerprint density at radius 2 is 2.11 bits per heavy atom. The number of carbonyl (C=O) groups is 2. The summed E-state index contributed by atoms with van der Waals surface area (Å²) < 4.78 is 19.0. The maximum Gasteiger partial charge on any atom is 0.319 e. The monoisotopic (exact) mass is 376 g/mol. The standard InChI is InChI=1S/C18H21FN4O4/c1-18(2,8-7-14(24)25)22-17(26)20-13-6-5-11(19)9-12(13)16-21-15(23-27-16)10-3-4-10/h5-6,9-10H,3-4,7-8H2,1-2H3,(H,24,25)(H2,20,22,26). The Kier molecular flexibility index (Phi) is 5.11. The van der Waals surface area contributed by atoms with E-state index in [0.29, 0.717) is 11.5 Å². The first kappa shape index (κ1) is 18.8. The highest BCUT2D eigenvalue weighted by molar-refractivity contribution is 5.93. The number of aromatic nitrogens is 2. The predicted molar refractivity (Wildman–Crippen MR) is 94.8 cm³/mol. The van der Waals surface area contributed by atoms with Crippen molar-refractivity contribution in [1.29, 1.82) is 0 Å². The van der Waals surface area contributed by atoms with Crippen LogP contribution in [-0.4, -0.2) is 32.8 Å². The van der Waals surface area contributed by atoms with Crippen molar-refractivity contribution in [3.63, 3.8) is 0 Å². The summed E-state index contributed by atoms with van der Waals surface area (Å²) in [7, 11) is 0. The highest BCUT2D eigenvalue weighted by atomic mass is 19.1. The molecular weight excluding hydrogens is 355 g/mol. The number of rotatable bonds is 7. The van der Waals surface area contributed by atoms with Gasteiger partial charge in [0.05, 0.1) is 11.3 Å². The molecular formula is C18H21FN4O4. The van der Waals surface area contributed by atoms with E-state index in [2.05, 4.69) is 20.8 Å². The van der Waals surface area contributed by atoms with Gasteiger partial charge in [0.2, 0.25) is 0 Å². The molecule has 1 heterocycles. The second-order valence-corrected chi connectivity index (χ2v) is 7.28. The molecule has 8 nitrogen and oxygen atoms in total. The highest BCUT2D eigenvalue weighted by Gasteiger charge is 2.29. The molecule has 0 bridgehead atoms. The van der Waals surface area contributed by atoms with Crippen molar-refractivity contribution in [2.75, 3.05) is 5.32 Å². The van der Waals surface area contributed by atoms with Gasteiger partial charge in [-0.15, -0.1) is 0 Å². The fraction of sp³-hybridized carbons (Fsp3) is 0.444. The van der Waals surface area contributed by atoms with Gasteiger partial charge in [0.25, 0.3) is 5.89 Å². The van der Waals surface area contributed by atoms with Crippen LogP contribution in [0.4, 0.5) is 14.9 Å². The number of carboxylic acids is 1. The average Bonchev–Trinajstić information content (AvgIpc) is 3.32. The van der Waals surface area contributed by atoms with E-state index in [1.54, 1.807) is 13.8 Å². The smallest absolute Gasteiger partial charge is 0.319 e. The number of amides is 2. The average molecular weight is 376 g/mol. The van der Waals surface area contributed by atoms with Gasteiger partial charge in [0.15, 0.2) is 5.82 Å². The maximum atomic E-state index is 13.7. The summed E-state index contributed by atoms with van der Waals surface area (Å²) in [5.74, 6) is -0.431. The lowest BCUT2D eigenvalue weighted by atomic mass is 9.99. The van der Waals surface area contributed by atoms with Crippen LogP contribution in [0.15, 0.2) is 22.7 Å². The number of carbonyl (C=O) groups excluding carboxylic acids is 1. The first-order valence-corrected chi connectivity index (χ1v) is 8.68. The number of benzene rings is 1. The van der Waals surface area contributed by atoms with Crippen molar-refractivity contribution in [2.45, 2.75) is 51.0 Å². The number of nitrogens with one attached hydrogen (secondary N) is 2. The summed E-state index contributed by atoms with van der Waals surface area (Å²) in [6.45, 7) is 3.45. The molecule has 0 aliphatic heterocycles. The molecule has 1 aliphatic carbocycles. The highest BCUT2D eigenvalue weighted by Crippen LogP contribution is 2.39.